The maximum Gasteiger partial charge on any atom is 0.326 e. The smallest absolute Gasteiger partial charge is 0.326 e. The molecule has 2 atom stereocenters. The van der Waals surface area contributed by atoms with E-state index in [1.54, 1.807) is 6.92 Å². The van der Waals surface area contributed by atoms with Gasteiger partial charge in [0.2, 0.25) is 5.91 Å². The summed E-state index contributed by atoms with van der Waals surface area (Å²) in [5.41, 5.74) is 0. The van der Waals surface area contributed by atoms with E-state index in [1.807, 2.05) is 0 Å². The van der Waals surface area contributed by atoms with Gasteiger partial charge in [0, 0.05) is 6.04 Å². The van der Waals surface area contributed by atoms with E-state index in [2.05, 4.69) is 10.1 Å². The lowest BCUT2D eigenvalue weighted by molar-refractivity contribution is -0.151. The Hall–Kier alpha value is -1.92. The summed E-state index contributed by atoms with van der Waals surface area (Å²) in [5.74, 6) is -1.21. The number of aliphatic carboxylic acids is 1. The molecular weight excluding hydrogens is 236 g/mol. The Labute approximate surface area is 104 Å². The first-order valence-corrected chi connectivity index (χ1v) is 5.91. The van der Waals surface area contributed by atoms with E-state index in [9.17, 15) is 9.59 Å². The zero-order valence-corrected chi connectivity index (χ0v) is 10.4. The summed E-state index contributed by atoms with van der Waals surface area (Å²) in [6, 6.07) is -1.29. The van der Waals surface area contributed by atoms with Gasteiger partial charge in [0.15, 0.2) is 0 Å². The summed E-state index contributed by atoms with van der Waals surface area (Å²) < 4.78 is 1.44. The van der Waals surface area contributed by atoms with Crippen LogP contribution in [0, 0.1) is 0 Å². The average Bonchev–Trinajstić information content (AvgIpc) is 3.01. The number of hydrogen-bond donors (Lipinski definition) is 1. The van der Waals surface area contributed by atoms with Crippen molar-refractivity contribution < 1.29 is 14.7 Å². The van der Waals surface area contributed by atoms with Gasteiger partial charge in [0.1, 0.15) is 24.7 Å². The standard InChI is InChI=1S/C11H16N4O3/c1-7(14-6-12-5-13-14)10(16)15(9-3-4-9)8(2)11(17)18/h5-9H,3-4H2,1-2H3,(H,17,18). The zero-order valence-electron chi connectivity index (χ0n) is 10.4. The van der Waals surface area contributed by atoms with E-state index in [0.717, 1.165) is 12.8 Å². The largest absolute Gasteiger partial charge is 0.480 e. The van der Waals surface area contributed by atoms with Crippen LogP contribution in [0.25, 0.3) is 0 Å². The molecule has 1 amide bonds. The number of carboxylic acids is 1. The number of hydrogen-bond acceptors (Lipinski definition) is 4. The quantitative estimate of drug-likeness (QED) is 0.814. The molecule has 18 heavy (non-hydrogen) atoms. The van der Waals surface area contributed by atoms with E-state index >= 15 is 0 Å². The predicted octanol–water partition coefficient (Wildman–Crippen LogP) is 0.303. The highest BCUT2D eigenvalue weighted by molar-refractivity contribution is 5.86. The molecule has 1 heterocycles. The second kappa shape index (κ2) is 4.75. The van der Waals surface area contributed by atoms with Crippen molar-refractivity contribution in [3.05, 3.63) is 12.7 Å². The molecule has 0 spiro atoms. The molecule has 98 valence electrons. The van der Waals surface area contributed by atoms with Crippen LogP contribution < -0.4 is 0 Å². The Balaban J connectivity index is 2.16. The van der Waals surface area contributed by atoms with Gasteiger partial charge >= 0.3 is 5.97 Å². The van der Waals surface area contributed by atoms with Gasteiger partial charge in [-0.25, -0.2) is 14.5 Å². The number of carboxylic acid groups (broad SMARTS) is 1. The third kappa shape index (κ3) is 2.34. The van der Waals surface area contributed by atoms with Gasteiger partial charge in [0.25, 0.3) is 0 Å². The van der Waals surface area contributed by atoms with E-state index < -0.39 is 18.1 Å². The summed E-state index contributed by atoms with van der Waals surface area (Å²) in [6.07, 6.45) is 4.55. The monoisotopic (exact) mass is 252 g/mol. The summed E-state index contributed by atoms with van der Waals surface area (Å²) >= 11 is 0. The number of carbonyl (C=O) groups excluding carboxylic acids is 1. The molecule has 1 aliphatic rings. The molecule has 2 rings (SSSR count). The Morgan fingerprint density at radius 3 is 2.56 bits per heavy atom. The predicted molar refractivity (Wildman–Crippen MR) is 61.7 cm³/mol. The first-order valence-electron chi connectivity index (χ1n) is 5.91. The van der Waals surface area contributed by atoms with Crippen LogP contribution in [-0.4, -0.2) is 48.7 Å². The molecule has 1 N–H and O–H groups in total. The Bertz CT molecular complexity index is 441. The topological polar surface area (TPSA) is 88.3 Å². The Morgan fingerprint density at radius 2 is 2.11 bits per heavy atom. The van der Waals surface area contributed by atoms with Gasteiger partial charge in [-0.3, -0.25) is 4.79 Å². The van der Waals surface area contributed by atoms with E-state index in [1.165, 1.54) is 29.2 Å². The number of carbonyl (C=O) groups is 2. The van der Waals surface area contributed by atoms with Crippen LogP contribution in [0.15, 0.2) is 12.7 Å². The number of aromatic nitrogens is 3. The van der Waals surface area contributed by atoms with Crippen molar-refractivity contribution in [3.63, 3.8) is 0 Å². The molecule has 1 saturated carbocycles. The number of rotatable bonds is 5. The minimum absolute atomic E-state index is 0.0505. The van der Waals surface area contributed by atoms with Gasteiger partial charge in [-0.15, -0.1) is 0 Å². The van der Waals surface area contributed by atoms with Crippen LogP contribution in [-0.2, 0) is 9.59 Å². The van der Waals surface area contributed by atoms with Crippen LogP contribution in [0.2, 0.25) is 0 Å². The first-order chi connectivity index (χ1) is 8.52. The molecule has 1 aromatic heterocycles. The normalized spacial score (nSPS) is 18.1. The second-order valence-corrected chi connectivity index (χ2v) is 4.54. The highest BCUT2D eigenvalue weighted by Gasteiger charge is 2.40. The van der Waals surface area contributed by atoms with E-state index in [4.69, 9.17) is 5.11 Å². The Morgan fingerprint density at radius 1 is 1.44 bits per heavy atom. The van der Waals surface area contributed by atoms with Gasteiger partial charge in [-0.05, 0) is 26.7 Å². The van der Waals surface area contributed by atoms with Crippen LogP contribution in [0.1, 0.15) is 32.7 Å². The summed E-state index contributed by atoms with van der Waals surface area (Å²) in [6.45, 7) is 3.23. The fourth-order valence-electron chi connectivity index (χ4n) is 1.90. The number of amides is 1. The maximum absolute atomic E-state index is 12.3. The van der Waals surface area contributed by atoms with Crippen molar-refractivity contribution in [2.75, 3.05) is 0 Å². The van der Waals surface area contributed by atoms with Crippen molar-refractivity contribution in [3.8, 4) is 0 Å². The lowest BCUT2D eigenvalue weighted by Gasteiger charge is -2.29. The molecule has 1 fully saturated rings. The highest BCUT2D eigenvalue weighted by atomic mass is 16.4. The molecule has 2 unspecified atom stereocenters. The molecule has 1 aliphatic carbocycles. The van der Waals surface area contributed by atoms with Crippen LogP contribution in [0.3, 0.4) is 0 Å². The van der Waals surface area contributed by atoms with Crippen LogP contribution in [0.4, 0.5) is 0 Å². The lowest BCUT2D eigenvalue weighted by atomic mass is 10.2. The van der Waals surface area contributed by atoms with E-state index in [0.29, 0.717) is 0 Å². The van der Waals surface area contributed by atoms with Crippen LogP contribution in [0.5, 0.6) is 0 Å². The fraction of sp³-hybridized carbons (Fsp3) is 0.636. The van der Waals surface area contributed by atoms with Gasteiger partial charge in [-0.1, -0.05) is 0 Å². The van der Waals surface area contributed by atoms with Crippen molar-refractivity contribution in [1.82, 2.24) is 19.7 Å². The van der Waals surface area contributed by atoms with Crippen molar-refractivity contribution in [1.29, 1.82) is 0 Å². The molecule has 0 aliphatic heterocycles. The number of nitrogens with zero attached hydrogens (tertiary/aromatic N) is 4. The molecule has 0 bridgehead atoms. The second-order valence-electron chi connectivity index (χ2n) is 4.54. The molecule has 0 saturated heterocycles. The Kier molecular flexibility index (Phi) is 3.31. The van der Waals surface area contributed by atoms with Crippen molar-refractivity contribution >= 4 is 11.9 Å². The molecule has 7 heteroatoms. The van der Waals surface area contributed by atoms with Crippen molar-refractivity contribution in [2.45, 2.75) is 44.8 Å². The maximum atomic E-state index is 12.3. The molecular formula is C11H16N4O3. The summed E-state index contributed by atoms with van der Waals surface area (Å²) in [7, 11) is 0. The van der Waals surface area contributed by atoms with Gasteiger partial charge in [0.05, 0.1) is 0 Å². The van der Waals surface area contributed by atoms with Gasteiger partial charge < -0.3 is 10.0 Å². The first kappa shape index (κ1) is 12.5. The third-order valence-corrected chi connectivity index (χ3v) is 3.16. The minimum atomic E-state index is -0.985. The third-order valence-electron chi connectivity index (χ3n) is 3.16. The molecule has 1 aromatic rings. The zero-order chi connectivity index (χ0) is 13.3. The SMILES string of the molecule is CC(C(=O)O)N(C(=O)C(C)n1cncn1)C1CC1. The lowest BCUT2D eigenvalue weighted by Crippen LogP contribution is -2.47. The fourth-order valence-corrected chi connectivity index (χ4v) is 1.90. The minimum Gasteiger partial charge on any atom is -0.480 e. The van der Waals surface area contributed by atoms with Crippen LogP contribution >= 0.6 is 0 Å². The van der Waals surface area contributed by atoms with E-state index in [-0.39, 0.29) is 11.9 Å². The molecule has 0 aromatic carbocycles. The summed E-state index contributed by atoms with van der Waals surface area (Å²) in [4.78, 5) is 28.6. The average molecular weight is 252 g/mol. The highest BCUT2D eigenvalue weighted by Crippen LogP contribution is 2.30. The van der Waals surface area contributed by atoms with Crippen molar-refractivity contribution in [2.24, 2.45) is 0 Å². The molecule has 0 radical (unpaired) electrons. The molecule has 7 nitrogen and oxygen atoms in total. The van der Waals surface area contributed by atoms with Gasteiger partial charge in [-0.2, -0.15) is 5.10 Å². The summed E-state index contributed by atoms with van der Waals surface area (Å²) in [5, 5.41) is 13.0.